The number of aromatic amines is 1. The molecular formula is C16H29N5O2. The number of aryl methyl sites for hydroxylation is 1. The van der Waals surface area contributed by atoms with Gasteiger partial charge >= 0.3 is 6.09 Å². The van der Waals surface area contributed by atoms with Crippen LogP contribution in [0.1, 0.15) is 52.2 Å². The average Bonchev–Trinajstić information content (AvgIpc) is 2.92. The number of H-pyrrole nitrogens is 1. The summed E-state index contributed by atoms with van der Waals surface area (Å²) in [6.45, 7) is 10.3. The van der Waals surface area contributed by atoms with E-state index in [2.05, 4.69) is 20.1 Å². The van der Waals surface area contributed by atoms with Crippen LogP contribution in [0, 0.1) is 0 Å². The van der Waals surface area contributed by atoms with Crippen molar-refractivity contribution >= 4 is 6.09 Å². The van der Waals surface area contributed by atoms with Crippen LogP contribution < -0.4 is 0 Å². The van der Waals surface area contributed by atoms with Gasteiger partial charge in [-0.2, -0.15) is 5.10 Å². The zero-order chi connectivity index (χ0) is 17.0. The number of likely N-dealkylation sites (N-methyl/N-ethyl adjacent to an activating group) is 1. The molecule has 0 spiro atoms. The molecule has 7 nitrogen and oxygen atoms in total. The summed E-state index contributed by atoms with van der Waals surface area (Å²) in [6.07, 6.45) is 2.65. The van der Waals surface area contributed by atoms with Crippen molar-refractivity contribution in [1.29, 1.82) is 0 Å². The Hall–Kier alpha value is -1.63. The molecule has 0 aliphatic carbocycles. The molecule has 2 heterocycles. The van der Waals surface area contributed by atoms with Gasteiger partial charge in [0.05, 0.1) is 6.54 Å². The number of nitrogens with zero attached hydrogens (tertiary/aromatic N) is 4. The van der Waals surface area contributed by atoms with Gasteiger partial charge < -0.3 is 9.64 Å². The average molecular weight is 323 g/mol. The van der Waals surface area contributed by atoms with Crippen LogP contribution in [0.2, 0.25) is 0 Å². The van der Waals surface area contributed by atoms with Crippen molar-refractivity contribution in [2.45, 2.75) is 65.1 Å². The minimum Gasteiger partial charge on any atom is -0.444 e. The molecule has 1 amide bonds. The summed E-state index contributed by atoms with van der Waals surface area (Å²) in [6, 6.07) is 0.173. The maximum atomic E-state index is 12.2. The van der Waals surface area contributed by atoms with Crippen LogP contribution in [0.3, 0.4) is 0 Å². The van der Waals surface area contributed by atoms with Crippen molar-refractivity contribution < 1.29 is 9.53 Å². The fourth-order valence-corrected chi connectivity index (χ4v) is 2.75. The number of likely N-dealkylation sites (tertiary alicyclic amines) is 1. The first-order chi connectivity index (χ1) is 10.8. The molecule has 1 aromatic heterocycles. The van der Waals surface area contributed by atoms with Gasteiger partial charge in [-0.05, 0) is 40.2 Å². The van der Waals surface area contributed by atoms with Gasteiger partial charge in [-0.25, -0.2) is 9.78 Å². The summed E-state index contributed by atoms with van der Waals surface area (Å²) in [5.41, 5.74) is -0.462. The second-order valence-electron chi connectivity index (χ2n) is 7.17. The highest BCUT2D eigenvalue weighted by Crippen LogP contribution is 2.18. The normalized spacial score (nSPS) is 19.6. The lowest BCUT2D eigenvalue weighted by molar-refractivity contribution is 0.0128. The van der Waals surface area contributed by atoms with Crippen LogP contribution in [0.25, 0.3) is 0 Å². The van der Waals surface area contributed by atoms with Crippen LogP contribution in [0.4, 0.5) is 4.79 Å². The van der Waals surface area contributed by atoms with E-state index >= 15 is 0 Å². The molecule has 1 atom stereocenters. The van der Waals surface area contributed by atoms with Crippen molar-refractivity contribution in [3.05, 3.63) is 11.6 Å². The van der Waals surface area contributed by atoms with Crippen LogP contribution in [0.15, 0.2) is 0 Å². The summed E-state index contributed by atoms with van der Waals surface area (Å²) in [7, 11) is 1.83. The van der Waals surface area contributed by atoms with Gasteiger partial charge in [-0.1, -0.05) is 6.92 Å². The van der Waals surface area contributed by atoms with Crippen molar-refractivity contribution in [2.75, 3.05) is 20.1 Å². The fraction of sp³-hybridized carbons (Fsp3) is 0.812. The number of piperidine rings is 1. The lowest BCUT2D eigenvalue weighted by Gasteiger charge is -2.37. The quantitative estimate of drug-likeness (QED) is 0.919. The standard InChI is InChI=1S/C16H29N5O2/c1-6-13-17-14(19-18-13)11-21-9-7-8-12(10-21)20(5)15(22)23-16(2,3)4/h12H,6-11H2,1-5H3,(H,17,18,19)/t12-/m0/s1. The third kappa shape index (κ3) is 5.20. The number of nitrogens with one attached hydrogen (secondary N) is 1. The lowest BCUT2D eigenvalue weighted by atomic mass is 10.0. The molecule has 0 unspecified atom stereocenters. The van der Waals surface area contributed by atoms with Crippen LogP contribution >= 0.6 is 0 Å². The topological polar surface area (TPSA) is 74.4 Å². The molecule has 1 saturated heterocycles. The minimum atomic E-state index is -0.462. The highest BCUT2D eigenvalue weighted by atomic mass is 16.6. The first kappa shape index (κ1) is 17.7. The fourth-order valence-electron chi connectivity index (χ4n) is 2.75. The molecule has 1 aliphatic rings. The van der Waals surface area contributed by atoms with Crippen LogP contribution in [0.5, 0.6) is 0 Å². The van der Waals surface area contributed by atoms with Crippen LogP contribution in [-0.4, -0.2) is 62.9 Å². The Morgan fingerprint density at radius 3 is 2.83 bits per heavy atom. The first-order valence-corrected chi connectivity index (χ1v) is 8.37. The smallest absolute Gasteiger partial charge is 0.410 e. The number of hydrogen-bond acceptors (Lipinski definition) is 5. The van der Waals surface area contributed by atoms with E-state index in [1.807, 2.05) is 34.7 Å². The maximum absolute atomic E-state index is 12.2. The number of rotatable bonds is 4. The molecule has 130 valence electrons. The maximum Gasteiger partial charge on any atom is 0.410 e. The number of carbonyl (C=O) groups excluding carboxylic acids is 1. The van der Waals surface area contributed by atoms with E-state index in [9.17, 15) is 4.79 Å². The molecule has 1 N–H and O–H groups in total. The number of carbonyl (C=O) groups is 1. The monoisotopic (exact) mass is 323 g/mol. The lowest BCUT2D eigenvalue weighted by Crippen LogP contribution is -2.49. The van der Waals surface area contributed by atoms with E-state index in [1.54, 1.807) is 4.90 Å². The summed E-state index contributed by atoms with van der Waals surface area (Å²) in [5, 5.41) is 7.17. The van der Waals surface area contributed by atoms with Crippen LogP contribution in [-0.2, 0) is 17.7 Å². The molecular weight excluding hydrogens is 294 g/mol. The van der Waals surface area contributed by atoms with Gasteiger partial charge in [-0.15, -0.1) is 0 Å². The van der Waals surface area contributed by atoms with E-state index in [-0.39, 0.29) is 12.1 Å². The second kappa shape index (κ2) is 7.29. The van der Waals surface area contributed by atoms with Crippen molar-refractivity contribution in [3.63, 3.8) is 0 Å². The summed E-state index contributed by atoms with van der Waals surface area (Å²) in [4.78, 5) is 20.7. The highest BCUT2D eigenvalue weighted by molar-refractivity contribution is 5.68. The number of hydrogen-bond donors (Lipinski definition) is 1. The molecule has 0 saturated carbocycles. The van der Waals surface area contributed by atoms with E-state index in [0.29, 0.717) is 0 Å². The van der Waals surface area contributed by atoms with E-state index in [1.165, 1.54) is 0 Å². The SMILES string of the molecule is CCc1n[nH]c(CN2CCC[C@H](N(C)C(=O)OC(C)(C)C)C2)n1. The van der Waals surface area contributed by atoms with E-state index in [0.717, 1.165) is 50.5 Å². The zero-order valence-electron chi connectivity index (χ0n) is 14.9. The van der Waals surface area contributed by atoms with Gasteiger partial charge in [-0.3, -0.25) is 10.00 Å². The predicted molar refractivity (Wildman–Crippen MR) is 88.1 cm³/mol. The summed E-state index contributed by atoms with van der Waals surface area (Å²) in [5.74, 6) is 1.74. The molecule has 1 aromatic rings. The Kier molecular flexibility index (Phi) is 5.62. The summed E-state index contributed by atoms with van der Waals surface area (Å²) < 4.78 is 5.46. The van der Waals surface area contributed by atoms with Gasteiger partial charge in [0, 0.05) is 26.1 Å². The molecule has 0 aromatic carbocycles. The largest absolute Gasteiger partial charge is 0.444 e. The van der Waals surface area contributed by atoms with Gasteiger partial charge in [0.25, 0.3) is 0 Å². The van der Waals surface area contributed by atoms with Crippen molar-refractivity contribution in [3.8, 4) is 0 Å². The molecule has 2 rings (SSSR count). The van der Waals surface area contributed by atoms with Gasteiger partial charge in [0.2, 0.25) is 0 Å². The Morgan fingerprint density at radius 2 is 2.22 bits per heavy atom. The Morgan fingerprint density at radius 1 is 1.48 bits per heavy atom. The Balaban J connectivity index is 1.90. The molecule has 23 heavy (non-hydrogen) atoms. The van der Waals surface area contributed by atoms with E-state index in [4.69, 9.17) is 4.74 Å². The predicted octanol–water partition coefficient (Wildman–Crippen LogP) is 2.20. The zero-order valence-corrected chi connectivity index (χ0v) is 14.9. The number of ether oxygens (including phenoxy) is 1. The third-order valence-corrected chi connectivity index (χ3v) is 3.98. The van der Waals surface area contributed by atoms with E-state index < -0.39 is 5.60 Å². The number of aromatic nitrogens is 3. The molecule has 7 heteroatoms. The van der Waals surface area contributed by atoms with Crippen molar-refractivity contribution in [1.82, 2.24) is 25.0 Å². The van der Waals surface area contributed by atoms with Gasteiger partial charge in [0.15, 0.2) is 0 Å². The first-order valence-electron chi connectivity index (χ1n) is 8.37. The highest BCUT2D eigenvalue weighted by Gasteiger charge is 2.29. The number of amides is 1. The Bertz CT molecular complexity index is 523. The molecule has 0 radical (unpaired) electrons. The molecule has 1 fully saturated rings. The molecule has 1 aliphatic heterocycles. The minimum absolute atomic E-state index is 0.173. The van der Waals surface area contributed by atoms with Crippen molar-refractivity contribution in [2.24, 2.45) is 0 Å². The third-order valence-electron chi connectivity index (χ3n) is 3.98. The molecule has 0 bridgehead atoms. The Labute approximate surface area is 138 Å². The van der Waals surface area contributed by atoms with Gasteiger partial charge in [0.1, 0.15) is 17.2 Å². The second-order valence-corrected chi connectivity index (χ2v) is 7.17. The summed E-state index contributed by atoms with van der Waals surface area (Å²) >= 11 is 0.